The molecule has 11 nitrogen and oxygen atoms in total. The third kappa shape index (κ3) is 6.56. The Bertz CT molecular complexity index is 760. The minimum absolute atomic E-state index is 0.0112. The number of aliphatic hydroxyl groups excluding tert-OH is 1. The molecule has 166 valence electrons. The zero-order chi connectivity index (χ0) is 22.3. The maximum atomic E-state index is 12.6. The minimum atomic E-state index is -1.01. The summed E-state index contributed by atoms with van der Waals surface area (Å²) in [6.45, 7) is 2.26. The summed E-state index contributed by atoms with van der Waals surface area (Å²) in [5, 5.41) is 17.3. The molecular formula is C19H30N6O5. The molecule has 2 heterocycles. The zero-order valence-electron chi connectivity index (χ0n) is 17.4. The number of hydrogen-bond donors (Lipinski definition) is 3. The number of carbonyl (C=O) groups is 3. The van der Waals surface area contributed by atoms with E-state index < -0.39 is 24.6 Å². The maximum absolute atomic E-state index is 12.6. The molecule has 1 fully saturated rings. The first-order valence-electron chi connectivity index (χ1n) is 9.76. The number of amides is 4. The Labute approximate surface area is 175 Å². The van der Waals surface area contributed by atoms with Gasteiger partial charge in [-0.25, -0.2) is 4.79 Å². The molecule has 0 bridgehead atoms. The van der Waals surface area contributed by atoms with E-state index in [2.05, 4.69) is 4.90 Å². The zero-order valence-corrected chi connectivity index (χ0v) is 17.4. The molecule has 1 aliphatic heterocycles. The molecule has 30 heavy (non-hydrogen) atoms. The molecule has 0 saturated carbocycles. The number of rotatable bonds is 10. The lowest BCUT2D eigenvalue weighted by atomic mass is 10.3. The molecule has 4 amide bonds. The number of nitrogens with one attached hydrogen (secondary N) is 1. The number of likely N-dealkylation sites (tertiary alicyclic amines) is 1. The quantitative estimate of drug-likeness (QED) is 0.350. The number of likely N-dealkylation sites (N-methyl/N-ethyl adjacent to an activating group) is 2. The summed E-state index contributed by atoms with van der Waals surface area (Å²) in [7, 11) is 2.99. The first-order valence-corrected chi connectivity index (χ1v) is 9.76. The number of aliphatic hydroxyl groups is 1. The smallest absolute Gasteiger partial charge is 0.320 e. The Morgan fingerprint density at radius 2 is 1.87 bits per heavy atom. The van der Waals surface area contributed by atoms with Crippen molar-refractivity contribution in [2.24, 2.45) is 5.73 Å². The molecule has 11 heteroatoms. The molecule has 1 aliphatic rings. The SMILES string of the molecule is CN(CC(O)CN(C)C(=O)c1ccc(CN2CCCC2)o1)C(=O)CN(C=N)C(N)=O. The summed E-state index contributed by atoms with van der Waals surface area (Å²) in [6.07, 6.45) is 2.00. The summed E-state index contributed by atoms with van der Waals surface area (Å²) < 4.78 is 5.66. The van der Waals surface area contributed by atoms with Crippen molar-refractivity contribution in [2.45, 2.75) is 25.5 Å². The van der Waals surface area contributed by atoms with E-state index in [9.17, 15) is 19.5 Å². The normalized spacial score (nSPS) is 14.9. The summed E-state index contributed by atoms with van der Waals surface area (Å²) in [5.41, 5.74) is 5.06. The second-order valence-corrected chi connectivity index (χ2v) is 7.46. The first kappa shape index (κ1) is 23.4. The molecule has 4 N–H and O–H groups in total. The van der Waals surface area contributed by atoms with Gasteiger partial charge in [0.05, 0.1) is 19.0 Å². The van der Waals surface area contributed by atoms with E-state index in [4.69, 9.17) is 15.6 Å². The molecule has 0 radical (unpaired) electrons. The van der Waals surface area contributed by atoms with Crippen LogP contribution >= 0.6 is 0 Å². The van der Waals surface area contributed by atoms with Crippen molar-refractivity contribution in [3.63, 3.8) is 0 Å². The van der Waals surface area contributed by atoms with E-state index in [0.29, 0.717) is 12.9 Å². The van der Waals surface area contributed by atoms with Gasteiger partial charge in [-0.1, -0.05) is 0 Å². The molecule has 2 rings (SSSR count). The highest BCUT2D eigenvalue weighted by molar-refractivity contribution is 5.91. The molecular weight excluding hydrogens is 392 g/mol. The number of nitrogens with zero attached hydrogens (tertiary/aromatic N) is 4. The van der Waals surface area contributed by atoms with E-state index in [-0.39, 0.29) is 24.8 Å². The Kier molecular flexibility index (Phi) is 8.36. The molecule has 1 atom stereocenters. The second-order valence-electron chi connectivity index (χ2n) is 7.46. The van der Waals surface area contributed by atoms with E-state index >= 15 is 0 Å². The third-order valence-electron chi connectivity index (χ3n) is 4.94. The van der Waals surface area contributed by atoms with Gasteiger partial charge in [0.1, 0.15) is 12.3 Å². The van der Waals surface area contributed by atoms with Crippen LogP contribution in [0.4, 0.5) is 4.79 Å². The van der Waals surface area contributed by atoms with Crippen molar-refractivity contribution < 1.29 is 23.9 Å². The average molecular weight is 422 g/mol. The highest BCUT2D eigenvalue weighted by Crippen LogP contribution is 2.16. The monoisotopic (exact) mass is 422 g/mol. The number of carbonyl (C=O) groups excluding carboxylic acids is 3. The van der Waals surface area contributed by atoms with E-state index in [1.807, 2.05) is 0 Å². The van der Waals surface area contributed by atoms with Crippen molar-refractivity contribution in [1.29, 1.82) is 5.41 Å². The van der Waals surface area contributed by atoms with Crippen LogP contribution < -0.4 is 5.73 Å². The highest BCUT2D eigenvalue weighted by Gasteiger charge is 2.23. The minimum Gasteiger partial charge on any atom is -0.455 e. The molecule has 1 aromatic heterocycles. The van der Waals surface area contributed by atoms with Crippen LogP contribution in [0.1, 0.15) is 29.2 Å². The third-order valence-corrected chi connectivity index (χ3v) is 4.94. The fraction of sp³-hybridized carbons (Fsp3) is 0.579. The van der Waals surface area contributed by atoms with Gasteiger partial charge in [0, 0.05) is 27.2 Å². The second kappa shape index (κ2) is 10.7. The van der Waals surface area contributed by atoms with E-state index in [1.54, 1.807) is 19.2 Å². The average Bonchev–Trinajstić information content (AvgIpc) is 3.37. The van der Waals surface area contributed by atoms with Crippen LogP contribution in [0, 0.1) is 5.41 Å². The summed E-state index contributed by atoms with van der Waals surface area (Å²) in [4.78, 5) is 41.3. The van der Waals surface area contributed by atoms with Crippen molar-refractivity contribution in [1.82, 2.24) is 19.6 Å². The van der Waals surface area contributed by atoms with Crippen molar-refractivity contribution >= 4 is 24.2 Å². The van der Waals surface area contributed by atoms with E-state index in [1.165, 1.54) is 29.7 Å². The lowest BCUT2D eigenvalue weighted by Gasteiger charge is -2.25. The number of primary amides is 1. The van der Waals surface area contributed by atoms with Gasteiger partial charge in [-0.3, -0.25) is 24.8 Å². The fourth-order valence-electron chi connectivity index (χ4n) is 3.26. The summed E-state index contributed by atoms with van der Waals surface area (Å²) in [5.74, 6) is 0.0680. The van der Waals surface area contributed by atoms with Crippen LogP contribution in [0.2, 0.25) is 0 Å². The number of nitrogens with two attached hydrogens (primary N) is 1. The van der Waals surface area contributed by atoms with Crippen molar-refractivity contribution in [3.05, 3.63) is 23.7 Å². The van der Waals surface area contributed by atoms with Crippen LogP contribution in [0.25, 0.3) is 0 Å². The van der Waals surface area contributed by atoms with Gasteiger partial charge < -0.3 is 25.1 Å². The van der Waals surface area contributed by atoms with Crippen LogP contribution in [0.3, 0.4) is 0 Å². The largest absolute Gasteiger partial charge is 0.455 e. The van der Waals surface area contributed by atoms with Gasteiger partial charge in [-0.2, -0.15) is 0 Å². The Morgan fingerprint density at radius 1 is 1.23 bits per heavy atom. The molecule has 0 aliphatic carbocycles. The molecule has 1 saturated heterocycles. The van der Waals surface area contributed by atoms with Gasteiger partial charge in [0.2, 0.25) is 5.91 Å². The maximum Gasteiger partial charge on any atom is 0.320 e. The first-order chi connectivity index (χ1) is 14.2. The van der Waals surface area contributed by atoms with Gasteiger partial charge in [-0.05, 0) is 38.1 Å². The van der Waals surface area contributed by atoms with Gasteiger partial charge >= 0.3 is 6.03 Å². The predicted molar refractivity (Wildman–Crippen MR) is 109 cm³/mol. The van der Waals surface area contributed by atoms with Crippen molar-refractivity contribution in [2.75, 3.05) is 46.8 Å². The number of urea groups is 1. The molecule has 0 aromatic carbocycles. The molecule has 1 unspecified atom stereocenters. The van der Waals surface area contributed by atoms with Crippen molar-refractivity contribution in [3.8, 4) is 0 Å². The van der Waals surface area contributed by atoms with Crippen LogP contribution in [-0.4, -0.2) is 102 Å². The highest BCUT2D eigenvalue weighted by atomic mass is 16.4. The fourth-order valence-corrected chi connectivity index (χ4v) is 3.26. The summed E-state index contributed by atoms with van der Waals surface area (Å²) in [6, 6.07) is 2.50. The lowest BCUT2D eigenvalue weighted by molar-refractivity contribution is -0.131. The van der Waals surface area contributed by atoms with Crippen LogP contribution in [0.15, 0.2) is 16.5 Å². The van der Waals surface area contributed by atoms with Crippen LogP contribution in [0.5, 0.6) is 0 Å². The predicted octanol–water partition coefficient (Wildman–Crippen LogP) is -0.246. The Balaban J connectivity index is 1.82. The Morgan fingerprint density at radius 3 is 2.47 bits per heavy atom. The lowest BCUT2D eigenvalue weighted by Crippen LogP contribution is -2.46. The number of hydrogen-bond acceptors (Lipinski definition) is 7. The topological polar surface area (TPSA) is 147 Å². The number of furan rings is 1. The standard InChI is InChI=1S/C19H30N6O5/c1-22(17(27)12-25(13-20)19(21)29)9-14(26)10-23(2)18(28)16-6-5-15(30-16)11-24-7-3-4-8-24/h5-6,13-14,20,26H,3-4,7-12H2,1-2H3,(H2,21,29). The summed E-state index contributed by atoms with van der Waals surface area (Å²) >= 11 is 0. The van der Waals surface area contributed by atoms with Crippen LogP contribution in [-0.2, 0) is 11.3 Å². The van der Waals surface area contributed by atoms with Gasteiger partial charge in [0.15, 0.2) is 5.76 Å². The van der Waals surface area contributed by atoms with Gasteiger partial charge in [-0.15, -0.1) is 0 Å². The molecule has 0 spiro atoms. The molecule has 1 aromatic rings. The Hall–Kier alpha value is -2.92. The van der Waals surface area contributed by atoms with Gasteiger partial charge in [0.25, 0.3) is 5.91 Å². The van der Waals surface area contributed by atoms with E-state index in [0.717, 1.165) is 23.7 Å².